The SMILES string of the molecule is CC(C)(C)C1CCC(C2CCC3=C(C2)NC2CCC4C5CCCCC5SC4C32)CC1. The second-order valence-electron chi connectivity index (χ2n) is 13.1. The van der Waals surface area contributed by atoms with Crippen molar-refractivity contribution in [2.24, 2.45) is 40.9 Å². The summed E-state index contributed by atoms with van der Waals surface area (Å²) in [5, 5.41) is 6.15. The van der Waals surface area contributed by atoms with E-state index in [1.165, 1.54) is 77.0 Å². The van der Waals surface area contributed by atoms with Crippen LogP contribution in [0.4, 0.5) is 0 Å². The molecule has 1 saturated heterocycles. The van der Waals surface area contributed by atoms with Gasteiger partial charge < -0.3 is 5.32 Å². The van der Waals surface area contributed by atoms with Crippen LogP contribution in [0.2, 0.25) is 0 Å². The van der Waals surface area contributed by atoms with Gasteiger partial charge in [-0.3, -0.25) is 0 Å². The highest BCUT2D eigenvalue weighted by Crippen LogP contribution is 2.60. The Labute approximate surface area is 190 Å². The van der Waals surface area contributed by atoms with Crippen LogP contribution in [0.5, 0.6) is 0 Å². The second-order valence-corrected chi connectivity index (χ2v) is 14.5. The van der Waals surface area contributed by atoms with Gasteiger partial charge in [0.2, 0.25) is 0 Å². The zero-order valence-corrected chi connectivity index (χ0v) is 20.6. The fraction of sp³-hybridized carbons (Fsp3) is 0.929. The van der Waals surface area contributed by atoms with E-state index in [1.807, 2.05) is 5.57 Å². The van der Waals surface area contributed by atoms with Crippen molar-refractivity contribution < 1.29 is 0 Å². The molecule has 6 rings (SSSR count). The van der Waals surface area contributed by atoms with Gasteiger partial charge in [0.05, 0.1) is 0 Å². The molecule has 0 radical (unpaired) electrons. The first-order chi connectivity index (χ1) is 14.5. The van der Waals surface area contributed by atoms with Gasteiger partial charge in [-0.25, -0.2) is 0 Å². The van der Waals surface area contributed by atoms with Crippen molar-refractivity contribution >= 4 is 11.8 Å². The van der Waals surface area contributed by atoms with Crippen LogP contribution in [0, 0.1) is 40.9 Å². The van der Waals surface area contributed by atoms with E-state index in [0.29, 0.717) is 5.41 Å². The minimum absolute atomic E-state index is 0.516. The molecule has 2 heteroatoms. The smallest absolute Gasteiger partial charge is 0.0335 e. The third kappa shape index (κ3) is 3.41. The molecule has 2 heterocycles. The molecule has 6 aliphatic rings. The van der Waals surface area contributed by atoms with E-state index in [-0.39, 0.29) is 0 Å². The highest BCUT2D eigenvalue weighted by atomic mass is 32.2. The maximum Gasteiger partial charge on any atom is 0.0335 e. The minimum Gasteiger partial charge on any atom is -0.385 e. The van der Waals surface area contributed by atoms with Crippen LogP contribution in [0.15, 0.2) is 11.3 Å². The number of hydrogen-bond acceptors (Lipinski definition) is 2. The molecule has 0 amide bonds. The topological polar surface area (TPSA) is 12.0 Å². The van der Waals surface area contributed by atoms with Gasteiger partial charge in [0.15, 0.2) is 0 Å². The van der Waals surface area contributed by atoms with Crippen molar-refractivity contribution in [3.63, 3.8) is 0 Å². The summed E-state index contributed by atoms with van der Waals surface area (Å²) in [4.78, 5) is 0. The standard InChI is InChI=1S/C28H45NS/c1-28(2,3)19-11-8-17(9-12-19)18-10-13-22-24(16-18)29-23-15-14-21-20-6-4-5-7-25(20)30-27(21)26(22)23/h17-21,23,25-27,29H,4-16H2,1-3H3. The van der Waals surface area contributed by atoms with E-state index < -0.39 is 0 Å². The van der Waals surface area contributed by atoms with Crippen molar-refractivity contribution in [1.82, 2.24) is 5.32 Å². The van der Waals surface area contributed by atoms with Gasteiger partial charge in [-0.05, 0) is 111 Å². The highest BCUT2D eigenvalue weighted by Gasteiger charge is 2.54. The van der Waals surface area contributed by atoms with Crippen LogP contribution < -0.4 is 5.32 Å². The lowest BCUT2D eigenvalue weighted by Crippen LogP contribution is -2.42. The number of hydrogen-bond donors (Lipinski definition) is 1. The zero-order valence-electron chi connectivity index (χ0n) is 19.8. The number of thioether (sulfide) groups is 1. The van der Waals surface area contributed by atoms with E-state index in [2.05, 4.69) is 37.8 Å². The number of allylic oxidation sites excluding steroid dienone is 1. The van der Waals surface area contributed by atoms with E-state index in [9.17, 15) is 0 Å². The molecule has 0 aromatic rings. The Hall–Kier alpha value is -0.110. The van der Waals surface area contributed by atoms with Crippen LogP contribution in [0.3, 0.4) is 0 Å². The van der Waals surface area contributed by atoms with Crippen LogP contribution >= 0.6 is 11.8 Å². The van der Waals surface area contributed by atoms with Crippen LogP contribution in [0.25, 0.3) is 0 Å². The molecule has 3 saturated carbocycles. The third-order valence-electron chi connectivity index (χ3n) is 10.7. The van der Waals surface area contributed by atoms with Crippen LogP contribution in [0.1, 0.15) is 104 Å². The molecule has 4 fully saturated rings. The van der Waals surface area contributed by atoms with Crippen LogP contribution in [-0.4, -0.2) is 16.5 Å². The monoisotopic (exact) mass is 427 g/mol. The van der Waals surface area contributed by atoms with Gasteiger partial charge in [0.1, 0.15) is 0 Å². The molecule has 0 bridgehead atoms. The fourth-order valence-electron chi connectivity index (χ4n) is 9.03. The Morgan fingerprint density at radius 1 is 0.800 bits per heavy atom. The number of rotatable bonds is 1. The summed E-state index contributed by atoms with van der Waals surface area (Å²) in [6.45, 7) is 7.39. The molecule has 0 aromatic carbocycles. The van der Waals surface area contributed by atoms with Gasteiger partial charge in [-0.15, -0.1) is 0 Å². The summed E-state index contributed by atoms with van der Waals surface area (Å²) < 4.78 is 0. The van der Waals surface area contributed by atoms with Crippen molar-refractivity contribution in [2.45, 2.75) is 121 Å². The van der Waals surface area contributed by atoms with Gasteiger partial charge in [-0.2, -0.15) is 11.8 Å². The van der Waals surface area contributed by atoms with E-state index >= 15 is 0 Å². The van der Waals surface area contributed by atoms with E-state index in [4.69, 9.17) is 0 Å². The molecule has 7 atom stereocenters. The highest BCUT2D eigenvalue weighted by molar-refractivity contribution is 8.00. The Balaban J connectivity index is 1.14. The maximum absolute atomic E-state index is 4.16. The average molecular weight is 428 g/mol. The zero-order chi connectivity index (χ0) is 20.5. The van der Waals surface area contributed by atoms with Crippen LogP contribution in [-0.2, 0) is 0 Å². The summed E-state index contributed by atoms with van der Waals surface area (Å²) in [5.41, 5.74) is 4.21. The predicted octanol–water partition coefficient (Wildman–Crippen LogP) is 7.57. The lowest BCUT2D eigenvalue weighted by Gasteiger charge is -2.41. The predicted molar refractivity (Wildman–Crippen MR) is 130 cm³/mol. The van der Waals surface area contributed by atoms with Gasteiger partial charge in [0.25, 0.3) is 0 Å². The molecule has 1 nitrogen and oxygen atoms in total. The van der Waals surface area contributed by atoms with Gasteiger partial charge in [0, 0.05) is 28.2 Å². The fourth-order valence-corrected chi connectivity index (χ4v) is 11.3. The van der Waals surface area contributed by atoms with Crippen molar-refractivity contribution in [3.8, 4) is 0 Å². The molecular weight excluding hydrogens is 382 g/mol. The first-order valence-corrected chi connectivity index (χ1v) is 14.6. The van der Waals surface area contributed by atoms with Gasteiger partial charge >= 0.3 is 0 Å². The van der Waals surface area contributed by atoms with Crippen molar-refractivity contribution in [1.29, 1.82) is 0 Å². The molecule has 2 aliphatic heterocycles. The van der Waals surface area contributed by atoms with Crippen molar-refractivity contribution in [3.05, 3.63) is 11.3 Å². The molecule has 168 valence electrons. The molecule has 0 spiro atoms. The third-order valence-corrected chi connectivity index (χ3v) is 12.6. The minimum atomic E-state index is 0.516. The quantitative estimate of drug-likeness (QED) is 0.463. The summed E-state index contributed by atoms with van der Waals surface area (Å²) >= 11 is 2.47. The summed E-state index contributed by atoms with van der Waals surface area (Å²) in [6.07, 6.45) is 19.4. The molecular formula is C28H45NS. The van der Waals surface area contributed by atoms with E-state index in [0.717, 1.165) is 52.0 Å². The Bertz CT molecular complexity index is 681. The molecule has 7 unspecified atom stereocenters. The van der Waals surface area contributed by atoms with Gasteiger partial charge in [-0.1, -0.05) is 33.6 Å². The Kier molecular flexibility index (Phi) is 5.29. The lowest BCUT2D eigenvalue weighted by atomic mass is 9.64. The average Bonchev–Trinajstić information content (AvgIpc) is 3.30. The first kappa shape index (κ1) is 20.5. The van der Waals surface area contributed by atoms with Crippen molar-refractivity contribution in [2.75, 3.05) is 0 Å². The second kappa shape index (κ2) is 7.74. The Morgan fingerprint density at radius 3 is 2.40 bits per heavy atom. The number of fused-ring (bicyclic) bond motifs is 6. The summed E-state index contributed by atoms with van der Waals surface area (Å²) in [7, 11) is 0. The molecule has 30 heavy (non-hydrogen) atoms. The largest absolute Gasteiger partial charge is 0.385 e. The molecule has 0 aromatic heterocycles. The summed E-state index contributed by atoms with van der Waals surface area (Å²) in [6, 6.07) is 0.805. The maximum atomic E-state index is 4.16. The number of nitrogens with one attached hydrogen (secondary N) is 1. The first-order valence-electron chi connectivity index (χ1n) is 13.6. The molecule has 4 aliphatic carbocycles. The summed E-state index contributed by atoms with van der Waals surface area (Å²) in [5.74, 6) is 5.99. The van der Waals surface area contributed by atoms with E-state index in [1.54, 1.807) is 12.1 Å². The molecule has 1 N–H and O–H groups in total. The Morgan fingerprint density at radius 2 is 1.60 bits per heavy atom. The lowest BCUT2D eigenvalue weighted by molar-refractivity contribution is 0.118. The normalized spacial score (nSPS) is 48.4.